The van der Waals surface area contributed by atoms with Crippen LogP contribution in [0.1, 0.15) is 66.2 Å². The minimum Gasteiger partial charge on any atom is -0.506 e. The molecular formula is C28H31NO5S. The third-order valence-electron chi connectivity index (χ3n) is 5.48. The second-order valence-corrected chi connectivity index (χ2v) is 9.51. The van der Waals surface area contributed by atoms with Crippen molar-refractivity contribution in [1.29, 1.82) is 0 Å². The molecule has 35 heavy (non-hydrogen) atoms. The Balaban J connectivity index is 2.07. The third-order valence-corrected chi connectivity index (χ3v) is 6.50. The summed E-state index contributed by atoms with van der Waals surface area (Å²) in [5.41, 5.74) is 4.19. The van der Waals surface area contributed by atoms with E-state index in [9.17, 15) is 14.7 Å². The highest BCUT2D eigenvalue weighted by atomic mass is 32.2. The molecule has 1 heterocycles. The molecule has 7 heteroatoms. The summed E-state index contributed by atoms with van der Waals surface area (Å²) in [7, 11) is 0. The van der Waals surface area contributed by atoms with Gasteiger partial charge in [-0.15, -0.1) is 0 Å². The van der Waals surface area contributed by atoms with E-state index in [2.05, 4.69) is 18.8 Å². The fourth-order valence-corrected chi connectivity index (χ4v) is 4.59. The normalized spacial score (nSPS) is 15.9. The molecule has 0 unspecified atom stereocenters. The first-order valence-electron chi connectivity index (χ1n) is 11.6. The van der Waals surface area contributed by atoms with Gasteiger partial charge >= 0.3 is 5.97 Å². The Labute approximate surface area is 210 Å². The Morgan fingerprint density at radius 3 is 2.37 bits per heavy atom. The average Bonchev–Trinajstić information content (AvgIpc) is 3.10. The number of aliphatic hydroxyl groups is 1. The molecule has 0 saturated heterocycles. The van der Waals surface area contributed by atoms with Crippen LogP contribution >= 0.6 is 11.8 Å². The average molecular weight is 494 g/mol. The molecule has 0 aliphatic carbocycles. The summed E-state index contributed by atoms with van der Waals surface area (Å²) in [5, 5.41) is 11.1. The molecule has 0 aromatic heterocycles. The van der Waals surface area contributed by atoms with Crippen LogP contribution in [-0.2, 0) is 9.53 Å². The number of aliphatic imine (C=N–C) groups is 1. The van der Waals surface area contributed by atoms with Gasteiger partial charge in [0.15, 0.2) is 0 Å². The number of esters is 1. The lowest BCUT2D eigenvalue weighted by Gasteiger charge is -2.16. The van der Waals surface area contributed by atoms with Gasteiger partial charge in [0.05, 0.1) is 18.1 Å². The first-order valence-corrected chi connectivity index (χ1v) is 12.5. The molecule has 0 fully saturated rings. The summed E-state index contributed by atoms with van der Waals surface area (Å²) in [6, 6.07) is 11.0. The number of hydrogen-bond acceptors (Lipinski definition) is 6. The molecule has 0 atom stereocenters. The quantitative estimate of drug-likeness (QED) is 0.442. The number of ether oxygens (including phenoxy) is 2. The van der Waals surface area contributed by atoms with Crippen molar-refractivity contribution in [1.82, 2.24) is 0 Å². The van der Waals surface area contributed by atoms with E-state index in [1.807, 2.05) is 45.0 Å². The molecule has 1 N–H and O–H groups in total. The van der Waals surface area contributed by atoms with Crippen LogP contribution in [0.3, 0.4) is 0 Å². The zero-order chi connectivity index (χ0) is 25.7. The predicted octanol–water partition coefficient (Wildman–Crippen LogP) is 6.53. The smallest absolute Gasteiger partial charge is 0.344 e. The molecule has 0 spiro atoms. The number of rotatable bonds is 7. The zero-order valence-corrected chi connectivity index (χ0v) is 21.8. The van der Waals surface area contributed by atoms with Crippen molar-refractivity contribution in [2.75, 3.05) is 13.2 Å². The lowest BCUT2D eigenvalue weighted by molar-refractivity contribution is -0.138. The second-order valence-electron chi connectivity index (χ2n) is 8.48. The fourth-order valence-electron chi connectivity index (χ4n) is 3.59. The first kappa shape index (κ1) is 26.3. The van der Waals surface area contributed by atoms with Gasteiger partial charge in [0, 0.05) is 5.56 Å². The molecule has 1 aliphatic heterocycles. The number of nitrogens with zero attached hydrogens (tertiary/aromatic N) is 1. The van der Waals surface area contributed by atoms with E-state index in [4.69, 9.17) is 9.47 Å². The van der Waals surface area contributed by atoms with Gasteiger partial charge in [-0.3, -0.25) is 4.79 Å². The van der Waals surface area contributed by atoms with E-state index in [1.165, 1.54) is 0 Å². The van der Waals surface area contributed by atoms with Gasteiger partial charge in [0.1, 0.15) is 22.1 Å². The van der Waals surface area contributed by atoms with Crippen LogP contribution in [0.4, 0.5) is 0 Å². The molecule has 0 bridgehead atoms. The Bertz CT molecular complexity index is 1220. The number of thioether (sulfide) groups is 1. The molecule has 3 rings (SSSR count). The van der Waals surface area contributed by atoms with Gasteiger partial charge in [0.25, 0.3) is 5.91 Å². The van der Waals surface area contributed by atoms with E-state index in [-0.39, 0.29) is 28.9 Å². The maximum absolute atomic E-state index is 12.8. The van der Waals surface area contributed by atoms with Crippen LogP contribution in [0, 0.1) is 13.8 Å². The van der Waals surface area contributed by atoms with Crippen LogP contribution in [0.5, 0.6) is 5.75 Å². The summed E-state index contributed by atoms with van der Waals surface area (Å²) < 4.78 is 10.9. The summed E-state index contributed by atoms with van der Waals surface area (Å²) in [4.78, 5) is 30.0. The van der Waals surface area contributed by atoms with Gasteiger partial charge in [0.2, 0.25) is 0 Å². The zero-order valence-electron chi connectivity index (χ0n) is 21.0. The lowest BCUT2D eigenvalue weighted by atomic mass is 9.96. The highest BCUT2D eigenvalue weighted by molar-refractivity contribution is 8.18. The van der Waals surface area contributed by atoms with Gasteiger partial charge in [-0.1, -0.05) is 43.3 Å². The van der Waals surface area contributed by atoms with Crippen LogP contribution < -0.4 is 4.74 Å². The van der Waals surface area contributed by atoms with Crippen LogP contribution in [0.15, 0.2) is 57.6 Å². The standard InChI is InChI=1S/C28H31NO5S/c1-7-33-22-13-18(6)20(14-21(22)16(3)4)15-23-25(30)24(28(32)34-8-2)27(35-23)29-26(31)19-11-9-17(5)10-12-19/h9-16,30H,7-8H2,1-6H3. The number of aliphatic hydroxyl groups excluding tert-OH is 1. The van der Waals surface area contributed by atoms with Crippen molar-refractivity contribution < 1.29 is 24.2 Å². The van der Waals surface area contributed by atoms with Gasteiger partial charge < -0.3 is 14.6 Å². The molecule has 1 amide bonds. The fraction of sp³-hybridized carbons (Fsp3) is 0.321. The minimum absolute atomic E-state index is 0.101. The number of carbonyl (C=O) groups is 2. The van der Waals surface area contributed by atoms with E-state index in [0.717, 1.165) is 39.8 Å². The van der Waals surface area contributed by atoms with Crippen molar-refractivity contribution in [3.05, 3.63) is 80.5 Å². The largest absolute Gasteiger partial charge is 0.506 e. The third kappa shape index (κ3) is 6.03. The molecular weight excluding hydrogens is 462 g/mol. The monoisotopic (exact) mass is 493 g/mol. The van der Waals surface area contributed by atoms with Crippen LogP contribution in [-0.4, -0.2) is 35.2 Å². The van der Waals surface area contributed by atoms with Crippen molar-refractivity contribution in [2.45, 2.75) is 47.5 Å². The molecule has 2 aromatic rings. The Morgan fingerprint density at radius 2 is 1.77 bits per heavy atom. The number of hydrogen-bond donors (Lipinski definition) is 1. The first-order chi connectivity index (χ1) is 16.7. The van der Waals surface area contributed by atoms with E-state index in [0.29, 0.717) is 17.1 Å². The molecule has 6 nitrogen and oxygen atoms in total. The topological polar surface area (TPSA) is 85.2 Å². The summed E-state index contributed by atoms with van der Waals surface area (Å²) in [6.07, 6.45) is 1.80. The molecule has 2 aromatic carbocycles. The number of benzene rings is 2. The molecule has 0 saturated carbocycles. The van der Waals surface area contributed by atoms with E-state index < -0.39 is 11.9 Å². The van der Waals surface area contributed by atoms with Crippen LogP contribution in [0.25, 0.3) is 6.08 Å². The highest BCUT2D eigenvalue weighted by Gasteiger charge is 2.34. The summed E-state index contributed by atoms with van der Waals surface area (Å²) in [6.45, 7) is 12.4. The molecule has 0 radical (unpaired) electrons. The van der Waals surface area contributed by atoms with Crippen molar-refractivity contribution in [3.63, 3.8) is 0 Å². The van der Waals surface area contributed by atoms with E-state index >= 15 is 0 Å². The SMILES string of the molecule is CCOC(=O)C1=C(O)C(=Cc2cc(C(C)C)c(OCC)cc2C)SC1=NC(=O)c1ccc(C)cc1. The number of carbonyl (C=O) groups excluding carboxylic acids is 2. The van der Waals surface area contributed by atoms with Crippen molar-refractivity contribution in [3.8, 4) is 5.75 Å². The van der Waals surface area contributed by atoms with E-state index in [1.54, 1.807) is 25.1 Å². The maximum atomic E-state index is 12.8. The highest BCUT2D eigenvalue weighted by Crippen LogP contribution is 2.40. The predicted molar refractivity (Wildman–Crippen MR) is 141 cm³/mol. The van der Waals surface area contributed by atoms with Crippen LogP contribution in [0.2, 0.25) is 0 Å². The van der Waals surface area contributed by atoms with Crippen molar-refractivity contribution in [2.24, 2.45) is 4.99 Å². The molecule has 184 valence electrons. The number of aryl methyl sites for hydroxylation is 2. The molecule has 1 aliphatic rings. The maximum Gasteiger partial charge on any atom is 0.344 e. The summed E-state index contributed by atoms with van der Waals surface area (Å²) in [5.74, 6) is -0.401. The van der Waals surface area contributed by atoms with Crippen molar-refractivity contribution >= 4 is 34.8 Å². The summed E-state index contributed by atoms with van der Waals surface area (Å²) >= 11 is 1.07. The second kappa shape index (κ2) is 11.4. The number of amides is 1. The Kier molecular flexibility index (Phi) is 8.57. The lowest BCUT2D eigenvalue weighted by Crippen LogP contribution is -2.14. The van der Waals surface area contributed by atoms with Gasteiger partial charge in [-0.05, 0) is 80.6 Å². The van der Waals surface area contributed by atoms with Gasteiger partial charge in [-0.25, -0.2) is 9.79 Å². The minimum atomic E-state index is -0.720. The Hall–Kier alpha value is -3.32. The Morgan fingerprint density at radius 1 is 1.09 bits per heavy atom. The van der Waals surface area contributed by atoms with Gasteiger partial charge in [-0.2, -0.15) is 0 Å².